The van der Waals surface area contributed by atoms with E-state index in [9.17, 15) is 40.2 Å². The first-order chi connectivity index (χ1) is 27.9. The van der Waals surface area contributed by atoms with E-state index in [2.05, 4.69) is 24.2 Å². The van der Waals surface area contributed by atoms with Gasteiger partial charge in [-0.25, -0.2) is 4.98 Å². The predicted octanol–water partition coefficient (Wildman–Crippen LogP) is 8.03. The molecule has 2 N–H and O–H groups in total. The van der Waals surface area contributed by atoms with Crippen molar-refractivity contribution in [2.45, 2.75) is 43.4 Å². The second kappa shape index (κ2) is 16.8. The maximum Gasteiger partial charge on any atom is 0.321 e. The topological polar surface area (TPSA) is 196 Å². The van der Waals surface area contributed by atoms with Crippen molar-refractivity contribution in [3.63, 3.8) is 0 Å². The van der Waals surface area contributed by atoms with Crippen molar-refractivity contribution in [2.75, 3.05) is 24.6 Å². The fourth-order valence-corrected chi connectivity index (χ4v) is 8.59. The molecule has 3 aromatic carbocycles. The normalized spacial score (nSPS) is 17.6. The van der Waals surface area contributed by atoms with E-state index in [-0.39, 0.29) is 49.6 Å². The summed E-state index contributed by atoms with van der Waals surface area (Å²) in [5.41, 5.74) is 2.62. The number of carbonyl (C=O) groups is 2. The highest BCUT2D eigenvalue weighted by Crippen LogP contribution is 2.55. The van der Waals surface area contributed by atoms with E-state index in [1.54, 1.807) is 47.9 Å². The van der Waals surface area contributed by atoms with Gasteiger partial charge in [-0.1, -0.05) is 42.5 Å². The standard InChI is InChI=1S/C44H40N6O8/c1-4-22-44(23-5-2)38(47(24-21-40(52)53)35-17-15-31-9-6-7-10-33(31)41(35)44)19-14-30(28-45)13-18-37-43(3,27-32-16-20-39(46-32)50(56)57)42-34(48(37)25-26-58-29-51)11-8-12-36(42)49(54)55/h4-20,29,46H,1-2,21-27H2,3H3/p+1. The molecule has 0 spiro atoms. The number of anilines is 1. The molecule has 294 valence electrons. The molecule has 2 aliphatic rings. The van der Waals surface area contributed by atoms with Crippen molar-refractivity contribution in [2.24, 2.45) is 0 Å². The average Bonchev–Trinajstić information content (AvgIpc) is 3.84. The molecule has 0 amide bonds. The number of nitro groups is 2. The first-order valence-corrected chi connectivity index (χ1v) is 18.5. The SMILES string of the molecule is C=CCC1(CC=C)C(=CC=C(C#N)C=CC2=[N+](CCOC=O)c3cccc([N+](=O)[O-])c3C2(C)Cc2ccc([N+](=O)[O-])[nH]2)N(CCC(=O)O)c2ccc3ccccc3c21. The molecule has 1 aromatic heterocycles. The molecule has 0 radical (unpaired) electrons. The van der Waals surface area contributed by atoms with Crippen molar-refractivity contribution < 1.29 is 33.9 Å². The van der Waals surface area contributed by atoms with Crippen LogP contribution in [0.2, 0.25) is 0 Å². The van der Waals surface area contributed by atoms with Crippen LogP contribution in [0.15, 0.2) is 128 Å². The van der Waals surface area contributed by atoms with E-state index >= 15 is 0 Å². The van der Waals surface area contributed by atoms with Gasteiger partial charge in [-0.2, -0.15) is 9.84 Å². The number of carbonyl (C=O) groups excluding carboxylic acids is 1. The second-order valence-corrected chi connectivity index (χ2v) is 14.2. The first kappa shape index (κ1) is 40.3. The highest BCUT2D eigenvalue weighted by molar-refractivity contribution is 6.05. The van der Waals surface area contributed by atoms with Crippen molar-refractivity contribution in [3.8, 4) is 6.07 Å². The van der Waals surface area contributed by atoms with Gasteiger partial charge < -0.3 is 24.9 Å². The number of nitro benzene ring substituents is 1. The molecule has 1 unspecified atom stereocenters. The lowest BCUT2D eigenvalue weighted by Crippen LogP contribution is -2.35. The van der Waals surface area contributed by atoms with Crippen LogP contribution in [0.5, 0.6) is 0 Å². The molecule has 0 fully saturated rings. The Morgan fingerprint density at radius 2 is 1.79 bits per heavy atom. The van der Waals surface area contributed by atoms with Gasteiger partial charge in [0.1, 0.15) is 17.9 Å². The number of ether oxygens (including phenoxy) is 1. The van der Waals surface area contributed by atoms with E-state index < -0.39 is 26.6 Å². The number of rotatable bonds is 18. The van der Waals surface area contributed by atoms with Crippen LogP contribution >= 0.6 is 0 Å². The van der Waals surface area contributed by atoms with E-state index in [0.717, 1.165) is 27.7 Å². The molecule has 0 bridgehead atoms. The molecule has 0 saturated heterocycles. The maximum atomic E-state index is 12.5. The minimum absolute atomic E-state index is 0.0593. The summed E-state index contributed by atoms with van der Waals surface area (Å²) in [5, 5.41) is 46.4. The van der Waals surface area contributed by atoms with Crippen LogP contribution in [0.25, 0.3) is 10.8 Å². The highest BCUT2D eigenvalue weighted by atomic mass is 16.6. The van der Waals surface area contributed by atoms with E-state index in [4.69, 9.17) is 4.74 Å². The second-order valence-electron chi connectivity index (χ2n) is 14.2. The summed E-state index contributed by atoms with van der Waals surface area (Å²) in [5.74, 6) is -1.20. The fourth-order valence-electron chi connectivity index (χ4n) is 8.59. The maximum absolute atomic E-state index is 12.5. The molecule has 3 heterocycles. The van der Waals surface area contributed by atoms with Crippen LogP contribution in [-0.2, 0) is 31.6 Å². The number of allylic oxidation sites excluding steroid dienone is 8. The minimum atomic E-state index is -1.17. The van der Waals surface area contributed by atoms with Gasteiger partial charge in [0.2, 0.25) is 5.69 Å². The fraction of sp³-hybridized carbons (Fsp3) is 0.227. The number of hydrogen-bond donors (Lipinski definition) is 2. The third-order valence-corrected chi connectivity index (χ3v) is 10.9. The zero-order valence-electron chi connectivity index (χ0n) is 31.8. The molecule has 14 heteroatoms. The monoisotopic (exact) mass is 781 g/mol. The Balaban J connectivity index is 1.53. The van der Waals surface area contributed by atoms with E-state index in [1.165, 1.54) is 12.1 Å². The number of carboxylic acid groups (broad SMARTS) is 1. The zero-order valence-corrected chi connectivity index (χ0v) is 31.8. The van der Waals surface area contributed by atoms with Gasteiger partial charge in [0, 0.05) is 54.0 Å². The molecule has 0 saturated carbocycles. The third-order valence-electron chi connectivity index (χ3n) is 10.9. The Morgan fingerprint density at radius 3 is 2.45 bits per heavy atom. The Morgan fingerprint density at radius 1 is 1.03 bits per heavy atom. The molecule has 2 aliphatic heterocycles. The van der Waals surface area contributed by atoms with Gasteiger partial charge >= 0.3 is 11.8 Å². The van der Waals surface area contributed by atoms with Crippen LogP contribution in [-0.4, -0.2) is 62.4 Å². The molecule has 6 rings (SSSR count). The number of hydrogen-bond acceptors (Lipinski definition) is 9. The van der Waals surface area contributed by atoms with Gasteiger partial charge in [-0.3, -0.25) is 19.7 Å². The summed E-state index contributed by atoms with van der Waals surface area (Å²) >= 11 is 0. The third kappa shape index (κ3) is 7.33. The summed E-state index contributed by atoms with van der Waals surface area (Å²) in [7, 11) is 0. The summed E-state index contributed by atoms with van der Waals surface area (Å²) in [6.45, 7) is 10.5. The quantitative estimate of drug-likeness (QED) is 0.0146. The van der Waals surface area contributed by atoms with Gasteiger partial charge in [0.15, 0.2) is 12.3 Å². The minimum Gasteiger partial charge on any atom is -0.481 e. The number of benzene rings is 3. The summed E-state index contributed by atoms with van der Waals surface area (Å²) < 4.78 is 6.84. The van der Waals surface area contributed by atoms with E-state index in [1.807, 2.05) is 59.5 Å². The number of aromatic nitrogens is 1. The zero-order chi connectivity index (χ0) is 41.6. The first-order valence-electron chi connectivity index (χ1n) is 18.5. The van der Waals surface area contributed by atoms with Crippen molar-refractivity contribution in [1.82, 2.24) is 4.98 Å². The molecule has 14 nitrogen and oxygen atoms in total. The van der Waals surface area contributed by atoms with E-state index in [0.29, 0.717) is 42.0 Å². The lowest BCUT2D eigenvalue weighted by atomic mass is 9.72. The lowest BCUT2D eigenvalue weighted by Gasteiger charge is -2.32. The molecule has 4 aromatic rings. The van der Waals surface area contributed by atoms with Crippen LogP contribution in [0.1, 0.15) is 43.0 Å². The predicted molar refractivity (Wildman–Crippen MR) is 219 cm³/mol. The van der Waals surface area contributed by atoms with Gasteiger partial charge in [0.05, 0.1) is 28.4 Å². The van der Waals surface area contributed by atoms with Gasteiger partial charge in [0.25, 0.3) is 12.2 Å². The Labute approximate surface area is 334 Å². The van der Waals surface area contributed by atoms with Gasteiger partial charge in [-0.15, -0.1) is 13.2 Å². The molecular formula is C44H41N6O8+. The number of nitrogens with zero attached hydrogens (tertiary/aromatic N) is 5. The summed E-state index contributed by atoms with van der Waals surface area (Å²) in [4.78, 5) is 50.9. The number of nitriles is 1. The number of H-pyrrole nitrogens is 1. The number of fused-ring (bicyclic) bond motifs is 4. The summed E-state index contributed by atoms with van der Waals surface area (Å²) in [6.07, 6.45) is 11.3. The molecule has 1 atom stereocenters. The Bertz CT molecular complexity index is 2510. The molecular weight excluding hydrogens is 741 g/mol. The Kier molecular flexibility index (Phi) is 11.6. The Hall–Kier alpha value is -7.40. The van der Waals surface area contributed by atoms with Crippen LogP contribution in [0.3, 0.4) is 0 Å². The smallest absolute Gasteiger partial charge is 0.321 e. The van der Waals surface area contributed by atoms with Gasteiger partial charge in [-0.05, 0) is 77.5 Å². The number of nitrogens with one attached hydrogen (secondary N) is 1. The van der Waals surface area contributed by atoms with Crippen LogP contribution < -0.4 is 4.90 Å². The van der Waals surface area contributed by atoms with Crippen molar-refractivity contribution >= 4 is 51.8 Å². The molecule has 58 heavy (non-hydrogen) atoms. The van der Waals surface area contributed by atoms with Crippen LogP contribution in [0.4, 0.5) is 22.9 Å². The number of aromatic amines is 1. The van der Waals surface area contributed by atoms with Crippen molar-refractivity contribution in [3.05, 3.63) is 165 Å². The number of carboxylic acids is 1. The van der Waals surface area contributed by atoms with Crippen molar-refractivity contribution in [1.29, 1.82) is 5.26 Å². The summed E-state index contributed by atoms with van der Waals surface area (Å²) in [6, 6.07) is 21.8. The average molecular weight is 782 g/mol. The number of aliphatic carboxylic acids is 1. The largest absolute Gasteiger partial charge is 0.481 e. The van der Waals surface area contributed by atoms with Crippen LogP contribution in [0, 0.1) is 31.6 Å². The lowest BCUT2D eigenvalue weighted by molar-refractivity contribution is -0.441. The highest BCUT2D eigenvalue weighted by Gasteiger charge is 2.53. The molecule has 0 aliphatic carbocycles.